The first-order valence-electron chi connectivity index (χ1n) is 13.0. The van der Waals surface area contributed by atoms with E-state index in [4.69, 9.17) is 4.74 Å². The smallest absolute Gasteiger partial charge is 0.381 e. The molecule has 0 radical (unpaired) electrons. The highest BCUT2D eigenvalue weighted by Crippen LogP contribution is 2.47. The van der Waals surface area contributed by atoms with Gasteiger partial charge in [0.15, 0.2) is 0 Å². The van der Waals surface area contributed by atoms with Crippen LogP contribution in [0.3, 0.4) is 0 Å². The molecule has 1 aliphatic carbocycles. The van der Waals surface area contributed by atoms with Crippen molar-refractivity contribution < 1.29 is 31.1 Å². The minimum atomic E-state index is -4.53. The van der Waals surface area contributed by atoms with Crippen LogP contribution in [0.4, 0.5) is 13.2 Å². The van der Waals surface area contributed by atoms with E-state index < -0.39 is 33.2 Å². The molecule has 1 saturated carbocycles. The summed E-state index contributed by atoms with van der Waals surface area (Å²) in [6.45, 7) is 5.62. The summed E-state index contributed by atoms with van der Waals surface area (Å²) in [7, 11) is -2.24. The van der Waals surface area contributed by atoms with E-state index in [0.29, 0.717) is 30.0 Å². The number of nitrogens with zero attached hydrogens (tertiary/aromatic N) is 2. The lowest BCUT2D eigenvalue weighted by atomic mass is 9.73. The van der Waals surface area contributed by atoms with Gasteiger partial charge in [0, 0.05) is 45.4 Å². The molecule has 0 aromatic heterocycles. The lowest BCUT2D eigenvalue weighted by molar-refractivity contribution is -0.146. The summed E-state index contributed by atoms with van der Waals surface area (Å²) in [6.07, 6.45) is 0.578. The fraction of sp³-hybridized carbons (Fsp3) is 0.731. The number of likely N-dealkylation sites (N-methyl/N-ethyl adjacent to an activating group) is 1. The van der Waals surface area contributed by atoms with Crippen LogP contribution < -0.4 is 5.32 Å². The van der Waals surface area contributed by atoms with Gasteiger partial charge in [0.05, 0.1) is 23.3 Å². The minimum Gasteiger partial charge on any atom is -0.381 e. The van der Waals surface area contributed by atoms with Gasteiger partial charge in [-0.05, 0) is 61.3 Å². The van der Waals surface area contributed by atoms with E-state index >= 15 is 0 Å². The summed E-state index contributed by atoms with van der Waals surface area (Å²) in [5.41, 5.74) is -0.616. The van der Waals surface area contributed by atoms with Gasteiger partial charge in [0.2, 0.25) is 15.9 Å². The SMILES string of the molecule is CC(C)[C@]1(C(=O)N2Cc3cc(C(F)(F)F)ccc3[C@H](N(C)S(C)(=O)=O)C2)CC[C@@H](NC2CCOCC2)C1. The molecule has 0 unspecified atom stereocenters. The van der Waals surface area contributed by atoms with Crippen molar-refractivity contribution in [2.24, 2.45) is 11.3 Å². The Bertz CT molecular complexity index is 1100. The fourth-order valence-corrected chi connectivity index (χ4v) is 6.86. The highest BCUT2D eigenvalue weighted by atomic mass is 32.2. The lowest BCUT2D eigenvalue weighted by Gasteiger charge is -2.43. The third-order valence-corrected chi connectivity index (χ3v) is 9.91. The minimum absolute atomic E-state index is 0.0236. The predicted molar refractivity (Wildman–Crippen MR) is 134 cm³/mol. The van der Waals surface area contributed by atoms with Gasteiger partial charge in [0.25, 0.3) is 0 Å². The van der Waals surface area contributed by atoms with Gasteiger partial charge in [-0.3, -0.25) is 4.79 Å². The second-order valence-corrected chi connectivity index (χ2v) is 13.2. The molecule has 0 bridgehead atoms. The van der Waals surface area contributed by atoms with E-state index in [1.807, 2.05) is 13.8 Å². The maximum atomic E-state index is 14.2. The van der Waals surface area contributed by atoms with Crippen molar-refractivity contribution in [3.63, 3.8) is 0 Å². The number of alkyl halides is 3. The van der Waals surface area contributed by atoms with Crippen molar-refractivity contribution in [1.82, 2.24) is 14.5 Å². The molecule has 37 heavy (non-hydrogen) atoms. The van der Waals surface area contributed by atoms with E-state index in [1.165, 1.54) is 13.1 Å². The van der Waals surface area contributed by atoms with Crippen molar-refractivity contribution >= 4 is 15.9 Å². The molecule has 3 aliphatic rings. The van der Waals surface area contributed by atoms with Gasteiger partial charge in [-0.25, -0.2) is 8.42 Å². The lowest BCUT2D eigenvalue weighted by Crippen LogP contribution is -2.51. The van der Waals surface area contributed by atoms with E-state index in [2.05, 4.69) is 5.32 Å². The Balaban J connectivity index is 1.63. The molecule has 1 aromatic rings. The number of benzene rings is 1. The van der Waals surface area contributed by atoms with Gasteiger partial charge >= 0.3 is 6.18 Å². The largest absolute Gasteiger partial charge is 0.416 e. The van der Waals surface area contributed by atoms with Crippen LogP contribution in [0.1, 0.15) is 68.7 Å². The molecule has 11 heteroatoms. The predicted octanol–water partition coefficient (Wildman–Crippen LogP) is 3.94. The van der Waals surface area contributed by atoms with E-state index in [9.17, 15) is 26.4 Å². The topological polar surface area (TPSA) is 79.0 Å². The molecule has 208 valence electrons. The Morgan fingerprint density at radius 3 is 2.46 bits per heavy atom. The van der Waals surface area contributed by atoms with Crippen molar-refractivity contribution in [3.05, 3.63) is 34.9 Å². The Hall–Kier alpha value is -1.69. The van der Waals surface area contributed by atoms with Crippen LogP contribution in [-0.2, 0) is 32.3 Å². The molecule has 0 spiro atoms. The number of carbonyl (C=O) groups excluding carboxylic acids is 1. The second kappa shape index (κ2) is 10.5. The summed E-state index contributed by atoms with van der Waals surface area (Å²) < 4.78 is 72.0. The molecule has 1 saturated heterocycles. The number of halogens is 3. The van der Waals surface area contributed by atoms with E-state index in [0.717, 1.165) is 55.2 Å². The zero-order valence-corrected chi connectivity index (χ0v) is 22.8. The maximum absolute atomic E-state index is 14.2. The third kappa shape index (κ3) is 5.84. The van der Waals surface area contributed by atoms with Crippen molar-refractivity contribution in [2.45, 2.75) is 76.8 Å². The average Bonchev–Trinajstić information content (AvgIpc) is 3.26. The van der Waals surface area contributed by atoms with Gasteiger partial charge in [-0.1, -0.05) is 19.9 Å². The first-order chi connectivity index (χ1) is 17.2. The number of nitrogens with one attached hydrogen (secondary N) is 1. The third-order valence-electron chi connectivity index (χ3n) is 8.61. The first-order valence-corrected chi connectivity index (χ1v) is 14.8. The van der Waals surface area contributed by atoms with E-state index in [1.54, 1.807) is 4.90 Å². The van der Waals surface area contributed by atoms with E-state index in [-0.39, 0.29) is 31.0 Å². The molecular formula is C26H38F3N3O4S. The Morgan fingerprint density at radius 2 is 1.86 bits per heavy atom. The quantitative estimate of drug-likeness (QED) is 0.586. The molecule has 1 N–H and O–H groups in total. The summed E-state index contributed by atoms with van der Waals surface area (Å²) in [6, 6.07) is 3.17. The number of ether oxygens (including phenoxy) is 1. The number of carbonyl (C=O) groups is 1. The molecular weight excluding hydrogens is 507 g/mol. The number of fused-ring (bicyclic) bond motifs is 1. The van der Waals surface area contributed by atoms with Crippen molar-refractivity contribution in [1.29, 1.82) is 0 Å². The number of amides is 1. The van der Waals surface area contributed by atoms with Crippen LogP contribution in [0.2, 0.25) is 0 Å². The number of hydrogen-bond acceptors (Lipinski definition) is 5. The standard InChI is InChI=1S/C26H38F3N3O4S/c1-17(2)25(10-7-21(14-25)30-20-8-11-36-12-9-20)24(33)32-15-18-13-19(26(27,28)29)5-6-22(18)23(16-32)31(3)37(4,34)35/h5-6,13,17,20-21,23,30H,7-12,14-16H2,1-4H3/t21-,23-,25+/m1/s1. The highest BCUT2D eigenvalue weighted by molar-refractivity contribution is 7.88. The fourth-order valence-electron chi connectivity index (χ4n) is 6.21. The summed E-state index contributed by atoms with van der Waals surface area (Å²) in [5, 5.41) is 3.71. The second-order valence-electron chi connectivity index (χ2n) is 11.2. The Morgan fingerprint density at radius 1 is 1.19 bits per heavy atom. The molecule has 1 aromatic carbocycles. The average molecular weight is 546 g/mol. The van der Waals surface area contributed by atoms with Crippen molar-refractivity contribution in [3.8, 4) is 0 Å². The Kier molecular flexibility index (Phi) is 8.01. The van der Waals surface area contributed by atoms with Gasteiger partial charge in [0.1, 0.15) is 0 Å². The molecule has 2 fully saturated rings. The molecule has 2 aliphatic heterocycles. The molecule has 7 nitrogen and oxygen atoms in total. The molecule has 1 amide bonds. The molecule has 3 atom stereocenters. The first kappa shape index (κ1) is 28.3. The zero-order chi connectivity index (χ0) is 27.2. The van der Waals surface area contributed by atoms with Crippen LogP contribution in [0.15, 0.2) is 18.2 Å². The normalized spacial score (nSPS) is 27.6. The monoisotopic (exact) mass is 545 g/mol. The van der Waals surface area contributed by atoms with Gasteiger partial charge < -0.3 is 15.0 Å². The van der Waals surface area contributed by atoms with Crippen LogP contribution in [0.5, 0.6) is 0 Å². The van der Waals surface area contributed by atoms with Crippen LogP contribution in [0, 0.1) is 11.3 Å². The Labute approximate surface area is 217 Å². The van der Waals surface area contributed by atoms with Crippen molar-refractivity contribution in [2.75, 3.05) is 33.1 Å². The van der Waals surface area contributed by atoms with Gasteiger partial charge in [-0.2, -0.15) is 17.5 Å². The summed E-state index contributed by atoms with van der Waals surface area (Å²) in [5.74, 6) is -0.0794. The summed E-state index contributed by atoms with van der Waals surface area (Å²) >= 11 is 0. The van der Waals surface area contributed by atoms with Crippen LogP contribution >= 0.6 is 0 Å². The number of hydrogen-bond donors (Lipinski definition) is 1. The van der Waals surface area contributed by atoms with Crippen LogP contribution in [-0.4, -0.2) is 68.7 Å². The maximum Gasteiger partial charge on any atom is 0.416 e. The van der Waals surface area contributed by atoms with Crippen LogP contribution in [0.25, 0.3) is 0 Å². The zero-order valence-electron chi connectivity index (χ0n) is 22.0. The molecule has 2 heterocycles. The summed E-state index contributed by atoms with van der Waals surface area (Å²) in [4.78, 5) is 15.8. The highest BCUT2D eigenvalue weighted by Gasteiger charge is 2.51. The number of rotatable bonds is 6. The molecule has 4 rings (SSSR count). The van der Waals surface area contributed by atoms with Gasteiger partial charge in [-0.15, -0.1) is 0 Å². The number of sulfonamides is 1.